The number of ether oxygens (including phenoxy) is 1. The quantitative estimate of drug-likeness (QED) is 0.758. The first-order valence-corrected chi connectivity index (χ1v) is 10.2. The first-order chi connectivity index (χ1) is 12.5. The summed E-state index contributed by atoms with van der Waals surface area (Å²) in [4.78, 5) is 0.248. The Morgan fingerprint density at radius 2 is 1.96 bits per heavy atom. The molecule has 2 aromatic carbocycles. The number of nitrogens with two attached hydrogens (primary N) is 1. The van der Waals surface area contributed by atoms with Crippen molar-refractivity contribution in [1.29, 1.82) is 0 Å². The van der Waals surface area contributed by atoms with Crippen LogP contribution in [0.4, 0.5) is 17.1 Å². The number of anilines is 3. The van der Waals surface area contributed by atoms with Crippen molar-refractivity contribution in [2.24, 2.45) is 0 Å². The average Bonchev–Trinajstić information content (AvgIpc) is 2.68. The molecular weight excluding hydrogens is 350 g/mol. The highest BCUT2D eigenvalue weighted by molar-refractivity contribution is 7.92. The Hall–Kier alpha value is -2.25. The Kier molecular flexibility index (Phi) is 5.68. The summed E-state index contributed by atoms with van der Waals surface area (Å²) in [6.45, 7) is 1.50. The van der Waals surface area contributed by atoms with Gasteiger partial charge >= 0.3 is 0 Å². The van der Waals surface area contributed by atoms with Gasteiger partial charge < -0.3 is 15.8 Å². The molecule has 0 spiro atoms. The van der Waals surface area contributed by atoms with Crippen molar-refractivity contribution in [2.75, 3.05) is 35.6 Å². The van der Waals surface area contributed by atoms with Crippen LogP contribution in [0.15, 0.2) is 53.4 Å². The van der Waals surface area contributed by atoms with Gasteiger partial charge in [0.15, 0.2) is 0 Å². The molecule has 0 aromatic heterocycles. The van der Waals surface area contributed by atoms with Gasteiger partial charge in [-0.05, 0) is 49.6 Å². The fraction of sp³-hybridized carbons (Fsp3) is 0.368. The largest absolute Gasteiger partial charge is 0.397 e. The lowest BCUT2D eigenvalue weighted by Gasteiger charge is -2.24. The lowest BCUT2D eigenvalue weighted by Crippen LogP contribution is -2.28. The molecule has 1 atom stereocenters. The topological polar surface area (TPSA) is 84.7 Å². The average molecular weight is 375 g/mol. The van der Waals surface area contributed by atoms with Gasteiger partial charge in [0.1, 0.15) is 0 Å². The van der Waals surface area contributed by atoms with Gasteiger partial charge in [0, 0.05) is 20.2 Å². The molecule has 1 aliphatic rings. The summed E-state index contributed by atoms with van der Waals surface area (Å²) in [6, 6.07) is 13.6. The van der Waals surface area contributed by atoms with Crippen LogP contribution in [-0.4, -0.2) is 34.7 Å². The van der Waals surface area contributed by atoms with E-state index >= 15 is 0 Å². The lowest BCUT2D eigenvalue weighted by molar-refractivity contribution is 0.0248. The Labute approximate surface area is 155 Å². The summed E-state index contributed by atoms with van der Waals surface area (Å²) in [5.74, 6) is 0. The predicted molar refractivity (Wildman–Crippen MR) is 105 cm³/mol. The van der Waals surface area contributed by atoms with Gasteiger partial charge in [-0.2, -0.15) is 0 Å². The van der Waals surface area contributed by atoms with E-state index in [4.69, 9.17) is 10.5 Å². The number of benzene rings is 2. The zero-order valence-electron chi connectivity index (χ0n) is 14.9. The minimum atomic E-state index is -3.61. The molecule has 0 amide bonds. The van der Waals surface area contributed by atoms with E-state index in [1.54, 1.807) is 42.5 Å². The van der Waals surface area contributed by atoms with Crippen LogP contribution >= 0.6 is 0 Å². The Morgan fingerprint density at radius 1 is 1.19 bits per heavy atom. The lowest BCUT2D eigenvalue weighted by atomic mass is 10.1. The Balaban J connectivity index is 1.72. The molecule has 2 aromatic rings. The van der Waals surface area contributed by atoms with Gasteiger partial charge in [-0.25, -0.2) is 8.42 Å². The highest BCUT2D eigenvalue weighted by atomic mass is 32.2. The van der Waals surface area contributed by atoms with Gasteiger partial charge in [-0.15, -0.1) is 0 Å². The van der Waals surface area contributed by atoms with E-state index in [0.29, 0.717) is 17.9 Å². The Bertz CT molecular complexity index is 834. The first-order valence-electron chi connectivity index (χ1n) is 8.77. The smallest absolute Gasteiger partial charge is 0.264 e. The van der Waals surface area contributed by atoms with Crippen molar-refractivity contribution in [1.82, 2.24) is 0 Å². The summed E-state index contributed by atoms with van der Waals surface area (Å²) in [5, 5.41) is 3.30. The van der Waals surface area contributed by atoms with Crippen molar-refractivity contribution in [3.05, 3.63) is 48.5 Å². The standard InChI is InChI=1S/C19H25N3O3S/c1-22(26(23,24)17-8-3-2-4-9-17)15-10-11-19(18(20)13-15)21-14-16-7-5-6-12-25-16/h2-4,8-11,13,16,21H,5-7,12,14,20H2,1H3/t16-/m0/s1. The van der Waals surface area contributed by atoms with E-state index in [-0.39, 0.29) is 11.0 Å². The van der Waals surface area contributed by atoms with Crippen LogP contribution < -0.4 is 15.4 Å². The SMILES string of the molecule is CN(c1ccc(NC[C@@H]2CCCCO2)c(N)c1)S(=O)(=O)c1ccccc1. The zero-order chi connectivity index (χ0) is 18.6. The highest BCUT2D eigenvalue weighted by Crippen LogP contribution is 2.28. The highest BCUT2D eigenvalue weighted by Gasteiger charge is 2.21. The molecule has 140 valence electrons. The van der Waals surface area contributed by atoms with Gasteiger partial charge in [0.05, 0.1) is 28.1 Å². The van der Waals surface area contributed by atoms with E-state index in [0.717, 1.165) is 25.1 Å². The summed E-state index contributed by atoms with van der Waals surface area (Å²) in [6.07, 6.45) is 3.55. The molecule has 1 saturated heterocycles. The molecule has 1 aliphatic heterocycles. The minimum Gasteiger partial charge on any atom is -0.397 e. The van der Waals surface area contributed by atoms with Crippen LogP contribution in [-0.2, 0) is 14.8 Å². The molecule has 3 rings (SSSR count). The van der Waals surface area contributed by atoms with Crippen LogP contribution in [0.2, 0.25) is 0 Å². The van der Waals surface area contributed by atoms with Crippen LogP contribution in [0, 0.1) is 0 Å². The molecule has 0 aliphatic carbocycles. The van der Waals surface area contributed by atoms with E-state index in [1.807, 2.05) is 6.07 Å². The van der Waals surface area contributed by atoms with Crippen LogP contribution in [0.25, 0.3) is 0 Å². The second-order valence-electron chi connectivity index (χ2n) is 6.43. The van der Waals surface area contributed by atoms with E-state index in [9.17, 15) is 8.42 Å². The molecule has 6 nitrogen and oxygen atoms in total. The van der Waals surface area contributed by atoms with Gasteiger partial charge in [0.25, 0.3) is 10.0 Å². The molecule has 7 heteroatoms. The number of rotatable bonds is 6. The third-order valence-corrected chi connectivity index (χ3v) is 6.39. The van der Waals surface area contributed by atoms with Crippen LogP contribution in [0.3, 0.4) is 0 Å². The maximum Gasteiger partial charge on any atom is 0.264 e. The summed E-state index contributed by atoms with van der Waals surface area (Å²) in [5.41, 5.74) is 7.94. The summed E-state index contributed by atoms with van der Waals surface area (Å²) in [7, 11) is -2.09. The second kappa shape index (κ2) is 7.97. The molecule has 0 saturated carbocycles. The van der Waals surface area contributed by atoms with E-state index < -0.39 is 10.0 Å². The third kappa shape index (κ3) is 4.11. The minimum absolute atomic E-state index is 0.198. The third-order valence-electron chi connectivity index (χ3n) is 4.59. The number of nitrogen functional groups attached to an aromatic ring is 1. The van der Waals surface area contributed by atoms with Crippen LogP contribution in [0.1, 0.15) is 19.3 Å². The molecule has 0 radical (unpaired) electrons. The monoisotopic (exact) mass is 375 g/mol. The number of hydrogen-bond donors (Lipinski definition) is 2. The number of nitrogens with zero attached hydrogens (tertiary/aromatic N) is 1. The molecule has 3 N–H and O–H groups in total. The van der Waals surface area contributed by atoms with Crippen molar-refractivity contribution in [3.63, 3.8) is 0 Å². The van der Waals surface area contributed by atoms with Gasteiger partial charge in [-0.1, -0.05) is 18.2 Å². The number of sulfonamides is 1. The number of hydrogen-bond acceptors (Lipinski definition) is 5. The predicted octanol–water partition coefficient (Wildman–Crippen LogP) is 3.07. The summed E-state index contributed by atoms with van der Waals surface area (Å²) < 4.78 is 32.4. The molecule has 26 heavy (non-hydrogen) atoms. The van der Waals surface area contributed by atoms with E-state index in [1.165, 1.54) is 17.8 Å². The molecule has 0 unspecified atom stereocenters. The molecule has 1 heterocycles. The summed E-state index contributed by atoms with van der Waals surface area (Å²) >= 11 is 0. The van der Waals surface area contributed by atoms with Crippen molar-refractivity contribution in [2.45, 2.75) is 30.3 Å². The van der Waals surface area contributed by atoms with Crippen LogP contribution in [0.5, 0.6) is 0 Å². The second-order valence-corrected chi connectivity index (χ2v) is 8.40. The van der Waals surface area contributed by atoms with Gasteiger partial charge in [-0.3, -0.25) is 4.31 Å². The fourth-order valence-electron chi connectivity index (χ4n) is 2.99. The maximum absolute atomic E-state index is 12.7. The normalized spacial score (nSPS) is 17.7. The molecule has 1 fully saturated rings. The van der Waals surface area contributed by atoms with E-state index in [2.05, 4.69) is 5.32 Å². The first kappa shape index (κ1) is 18.5. The van der Waals surface area contributed by atoms with Crippen molar-refractivity contribution in [3.8, 4) is 0 Å². The number of nitrogens with one attached hydrogen (secondary N) is 1. The Morgan fingerprint density at radius 3 is 2.62 bits per heavy atom. The zero-order valence-corrected chi connectivity index (χ0v) is 15.7. The molecular formula is C19H25N3O3S. The molecule has 0 bridgehead atoms. The maximum atomic E-state index is 12.7. The van der Waals surface area contributed by atoms with Crippen molar-refractivity contribution < 1.29 is 13.2 Å². The van der Waals surface area contributed by atoms with Crippen molar-refractivity contribution >= 4 is 27.1 Å². The fourth-order valence-corrected chi connectivity index (χ4v) is 4.20. The van der Waals surface area contributed by atoms with Gasteiger partial charge in [0.2, 0.25) is 0 Å².